The molecule has 0 bridgehead atoms. The standard InChI is InChI=1S/C17H33N5O2S/c1-7-15-14(16(8-2)22(5)21-15)12-19-17(18-9-3)20-13(4)10-11-25(6,23)24/h13H,7-12H2,1-6H3,(H2,18,19,20). The summed E-state index contributed by atoms with van der Waals surface area (Å²) in [4.78, 5) is 4.69. The minimum absolute atomic E-state index is 0.0257. The average molecular weight is 372 g/mol. The molecule has 25 heavy (non-hydrogen) atoms. The Kier molecular flexibility index (Phi) is 8.41. The van der Waals surface area contributed by atoms with Gasteiger partial charge in [0.1, 0.15) is 9.84 Å². The third-order valence-corrected chi connectivity index (χ3v) is 5.05. The van der Waals surface area contributed by atoms with Crippen LogP contribution in [0.3, 0.4) is 0 Å². The summed E-state index contributed by atoms with van der Waals surface area (Å²) in [5, 5.41) is 11.1. The Hall–Kier alpha value is -1.57. The molecule has 1 atom stereocenters. The summed E-state index contributed by atoms with van der Waals surface area (Å²) in [5.41, 5.74) is 3.49. The van der Waals surface area contributed by atoms with Gasteiger partial charge in [-0.2, -0.15) is 5.10 Å². The summed E-state index contributed by atoms with van der Waals surface area (Å²) in [5.74, 6) is 0.875. The van der Waals surface area contributed by atoms with Crippen LogP contribution < -0.4 is 10.6 Å². The molecule has 0 aliphatic carbocycles. The first kappa shape index (κ1) is 21.5. The van der Waals surface area contributed by atoms with Crippen molar-refractivity contribution in [2.45, 2.75) is 59.5 Å². The van der Waals surface area contributed by atoms with Gasteiger partial charge >= 0.3 is 0 Å². The summed E-state index contributed by atoms with van der Waals surface area (Å²) in [6, 6.07) is 0.0257. The van der Waals surface area contributed by atoms with Gasteiger partial charge in [-0.1, -0.05) is 13.8 Å². The van der Waals surface area contributed by atoms with Gasteiger partial charge in [0.2, 0.25) is 0 Å². The molecule has 7 nitrogen and oxygen atoms in total. The van der Waals surface area contributed by atoms with Crippen LogP contribution in [0.15, 0.2) is 4.99 Å². The number of sulfone groups is 1. The van der Waals surface area contributed by atoms with E-state index in [-0.39, 0.29) is 11.8 Å². The molecular weight excluding hydrogens is 338 g/mol. The summed E-state index contributed by atoms with van der Waals surface area (Å²) < 4.78 is 24.6. The predicted molar refractivity (Wildman–Crippen MR) is 104 cm³/mol. The van der Waals surface area contributed by atoms with E-state index < -0.39 is 9.84 Å². The molecule has 144 valence electrons. The van der Waals surface area contributed by atoms with Gasteiger partial charge in [0.25, 0.3) is 0 Å². The number of aliphatic imine (C=N–C) groups is 1. The van der Waals surface area contributed by atoms with Crippen molar-refractivity contribution in [2.75, 3.05) is 18.6 Å². The Morgan fingerprint density at radius 3 is 2.48 bits per heavy atom. The lowest BCUT2D eigenvalue weighted by Gasteiger charge is -2.17. The highest BCUT2D eigenvalue weighted by Crippen LogP contribution is 2.16. The van der Waals surface area contributed by atoms with Crippen LogP contribution in [0.5, 0.6) is 0 Å². The number of hydrogen-bond donors (Lipinski definition) is 2. The van der Waals surface area contributed by atoms with Crippen LogP contribution >= 0.6 is 0 Å². The van der Waals surface area contributed by atoms with E-state index in [2.05, 4.69) is 29.6 Å². The Balaban J connectivity index is 2.85. The molecule has 0 amide bonds. The Labute approximate surface area is 152 Å². The first-order chi connectivity index (χ1) is 11.7. The van der Waals surface area contributed by atoms with E-state index in [4.69, 9.17) is 4.99 Å². The SMILES string of the molecule is CCNC(=NCc1c(CC)nn(C)c1CC)NC(C)CCS(C)(=O)=O. The van der Waals surface area contributed by atoms with Crippen LogP contribution in [-0.2, 0) is 36.3 Å². The predicted octanol–water partition coefficient (Wildman–Crippen LogP) is 1.42. The normalized spacial score (nSPS) is 13.8. The maximum atomic E-state index is 11.3. The van der Waals surface area contributed by atoms with E-state index in [1.807, 2.05) is 25.6 Å². The minimum atomic E-state index is -2.95. The topological polar surface area (TPSA) is 88.4 Å². The Bertz CT molecular complexity index is 679. The number of nitrogens with zero attached hydrogens (tertiary/aromatic N) is 3. The number of guanidine groups is 1. The van der Waals surface area contributed by atoms with Crippen molar-refractivity contribution in [1.29, 1.82) is 0 Å². The van der Waals surface area contributed by atoms with Gasteiger partial charge in [0, 0.05) is 37.1 Å². The van der Waals surface area contributed by atoms with Crippen molar-refractivity contribution in [3.63, 3.8) is 0 Å². The zero-order valence-electron chi connectivity index (χ0n) is 16.4. The molecular formula is C17H33N5O2S. The number of rotatable bonds is 9. The molecule has 0 aliphatic heterocycles. The smallest absolute Gasteiger partial charge is 0.191 e. The highest BCUT2D eigenvalue weighted by Gasteiger charge is 2.14. The monoisotopic (exact) mass is 371 g/mol. The molecule has 0 spiro atoms. The maximum Gasteiger partial charge on any atom is 0.191 e. The van der Waals surface area contributed by atoms with Crippen LogP contribution in [0, 0.1) is 0 Å². The second-order valence-corrected chi connectivity index (χ2v) is 8.62. The second kappa shape index (κ2) is 9.79. The molecule has 1 rings (SSSR count). The molecule has 0 radical (unpaired) electrons. The fourth-order valence-electron chi connectivity index (χ4n) is 2.75. The third kappa shape index (κ3) is 7.05. The summed E-state index contributed by atoms with van der Waals surface area (Å²) >= 11 is 0. The van der Waals surface area contributed by atoms with E-state index in [1.54, 1.807) is 0 Å². The quantitative estimate of drug-likeness (QED) is 0.506. The molecule has 1 unspecified atom stereocenters. The van der Waals surface area contributed by atoms with Crippen molar-refractivity contribution in [2.24, 2.45) is 12.0 Å². The first-order valence-corrected chi connectivity index (χ1v) is 11.0. The molecule has 8 heteroatoms. The molecule has 1 aromatic rings. The lowest BCUT2D eigenvalue weighted by molar-refractivity contribution is 0.581. The fraction of sp³-hybridized carbons (Fsp3) is 0.765. The zero-order valence-corrected chi connectivity index (χ0v) is 17.2. The molecule has 0 aliphatic rings. The summed E-state index contributed by atoms with van der Waals surface area (Å²) in [7, 11) is -0.975. The number of hydrogen-bond acceptors (Lipinski definition) is 4. The van der Waals surface area contributed by atoms with Crippen molar-refractivity contribution in [3.8, 4) is 0 Å². The van der Waals surface area contributed by atoms with Gasteiger partial charge in [-0.25, -0.2) is 13.4 Å². The molecule has 0 saturated heterocycles. The highest BCUT2D eigenvalue weighted by atomic mass is 32.2. The third-order valence-electron chi connectivity index (χ3n) is 4.07. The number of nitrogens with one attached hydrogen (secondary N) is 2. The van der Waals surface area contributed by atoms with Crippen LogP contribution in [0.1, 0.15) is 51.1 Å². The molecule has 1 aromatic heterocycles. The average Bonchev–Trinajstić information content (AvgIpc) is 2.85. The minimum Gasteiger partial charge on any atom is -0.357 e. The molecule has 0 saturated carbocycles. The number of aryl methyl sites for hydroxylation is 2. The summed E-state index contributed by atoms with van der Waals surface area (Å²) in [6.45, 7) is 9.52. The summed E-state index contributed by atoms with van der Waals surface area (Å²) in [6.07, 6.45) is 3.62. The van der Waals surface area contributed by atoms with E-state index in [0.717, 1.165) is 25.1 Å². The van der Waals surface area contributed by atoms with E-state index in [1.165, 1.54) is 17.5 Å². The van der Waals surface area contributed by atoms with Gasteiger partial charge < -0.3 is 10.6 Å². The molecule has 1 heterocycles. The van der Waals surface area contributed by atoms with Crippen LogP contribution in [-0.4, -0.2) is 48.8 Å². The van der Waals surface area contributed by atoms with Crippen molar-refractivity contribution >= 4 is 15.8 Å². The molecule has 0 aromatic carbocycles. The van der Waals surface area contributed by atoms with E-state index >= 15 is 0 Å². The van der Waals surface area contributed by atoms with Gasteiger partial charge in [0.15, 0.2) is 5.96 Å². The van der Waals surface area contributed by atoms with E-state index in [0.29, 0.717) is 18.9 Å². The highest BCUT2D eigenvalue weighted by molar-refractivity contribution is 7.90. The lowest BCUT2D eigenvalue weighted by Crippen LogP contribution is -2.42. The molecule has 2 N–H and O–H groups in total. The Morgan fingerprint density at radius 2 is 1.96 bits per heavy atom. The van der Waals surface area contributed by atoms with Gasteiger partial charge in [0.05, 0.1) is 18.0 Å². The lowest BCUT2D eigenvalue weighted by atomic mass is 10.1. The zero-order chi connectivity index (χ0) is 19.0. The van der Waals surface area contributed by atoms with Crippen LogP contribution in [0.2, 0.25) is 0 Å². The van der Waals surface area contributed by atoms with Crippen molar-refractivity contribution < 1.29 is 8.42 Å². The van der Waals surface area contributed by atoms with Gasteiger partial charge in [-0.15, -0.1) is 0 Å². The number of aromatic nitrogens is 2. The van der Waals surface area contributed by atoms with Crippen LogP contribution in [0.25, 0.3) is 0 Å². The second-order valence-electron chi connectivity index (χ2n) is 6.36. The first-order valence-electron chi connectivity index (χ1n) is 8.97. The van der Waals surface area contributed by atoms with Crippen molar-refractivity contribution in [3.05, 3.63) is 17.0 Å². The van der Waals surface area contributed by atoms with Crippen molar-refractivity contribution in [1.82, 2.24) is 20.4 Å². The largest absolute Gasteiger partial charge is 0.357 e. The molecule has 0 fully saturated rings. The van der Waals surface area contributed by atoms with Gasteiger partial charge in [-0.05, 0) is 33.1 Å². The van der Waals surface area contributed by atoms with Crippen LogP contribution in [0.4, 0.5) is 0 Å². The Morgan fingerprint density at radius 1 is 1.28 bits per heavy atom. The fourth-order valence-corrected chi connectivity index (χ4v) is 3.53. The maximum absolute atomic E-state index is 11.3. The van der Waals surface area contributed by atoms with Gasteiger partial charge in [-0.3, -0.25) is 4.68 Å². The van der Waals surface area contributed by atoms with E-state index in [9.17, 15) is 8.42 Å².